The molecule has 0 aromatic carbocycles. The molecule has 0 bridgehead atoms. The van der Waals surface area contributed by atoms with Crippen molar-refractivity contribution in [1.29, 1.82) is 0 Å². The van der Waals surface area contributed by atoms with E-state index in [4.69, 9.17) is 0 Å². The molecular weight excluding hydrogens is 225 g/mol. The van der Waals surface area contributed by atoms with Crippen molar-refractivity contribution in [1.82, 2.24) is 9.55 Å². The molecule has 0 aliphatic carbocycles. The minimum atomic E-state index is -4.25. The van der Waals surface area contributed by atoms with Gasteiger partial charge < -0.3 is 14.5 Å². The molecule has 88 valence electrons. The Labute approximate surface area is 88.7 Å². The number of carboxylic acid groups (broad SMARTS) is 1. The number of aromatic carboxylic acids is 1. The number of aryl methyl sites for hydroxylation is 1. The quantitative estimate of drug-likeness (QED) is 0.704. The Morgan fingerprint density at radius 2 is 2.25 bits per heavy atom. The highest BCUT2D eigenvalue weighted by Crippen LogP contribution is 2.34. The summed E-state index contributed by atoms with van der Waals surface area (Å²) in [5.41, 5.74) is -0.308. The van der Waals surface area contributed by atoms with Crippen LogP contribution in [0.5, 0.6) is 0 Å². The van der Waals surface area contributed by atoms with Gasteiger partial charge in [-0.1, -0.05) is 0 Å². The van der Waals surface area contributed by atoms with Crippen LogP contribution in [-0.2, 0) is 13.0 Å². The number of alkyl halides is 3. The molecule has 7 heteroatoms. The second-order valence-corrected chi connectivity index (χ2v) is 3.76. The zero-order valence-electron chi connectivity index (χ0n) is 8.12. The van der Waals surface area contributed by atoms with E-state index in [0.29, 0.717) is 5.82 Å². The zero-order chi connectivity index (χ0) is 11.9. The van der Waals surface area contributed by atoms with Crippen molar-refractivity contribution in [3.63, 3.8) is 0 Å². The Morgan fingerprint density at radius 1 is 1.56 bits per heavy atom. The maximum absolute atomic E-state index is 12.4. The second-order valence-electron chi connectivity index (χ2n) is 3.76. The summed E-state index contributed by atoms with van der Waals surface area (Å²) in [5.74, 6) is -2.52. The second kappa shape index (κ2) is 3.50. The average molecular weight is 233 g/mol. The highest BCUT2D eigenvalue weighted by Gasteiger charge is 2.41. The Bertz CT molecular complexity index is 425. The van der Waals surface area contributed by atoms with Gasteiger partial charge in [-0.05, 0) is 6.42 Å². The van der Waals surface area contributed by atoms with Gasteiger partial charge in [0.25, 0.3) is 0 Å². The fraction of sp³-hybridized carbons (Fsp3) is 0.556. The standard InChI is InChI=1S/C9H9F3N2O2/c10-9(11,12)5-1-2-7-13-6(8(15)16)4-14(7)3-5/h4-5H,1-3H2,(H,15,16)/p-1. The van der Waals surface area contributed by atoms with Gasteiger partial charge in [-0.2, -0.15) is 13.2 Å². The zero-order valence-corrected chi connectivity index (χ0v) is 8.12. The van der Waals surface area contributed by atoms with Crippen LogP contribution in [0.2, 0.25) is 0 Å². The molecule has 0 saturated carbocycles. The largest absolute Gasteiger partial charge is 0.543 e. The molecule has 16 heavy (non-hydrogen) atoms. The number of imidazole rings is 1. The first-order valence-corrected chi connectivity index (χ1v) is 4.72. The van der Waals surface area contributed by atoms with E-state index in [-0.39, 0.29) is 25.1 Å². The smallest absolute Gasteiger partial charge is 0.393 e. The van der Waals surface area contributed by atoms with Gasteiger partial charge in [0.05, 0.1) is 11.9 Å². The van der Waals surface area contributed by atoms with Crippen molar-refractivity contribution in [3.05, 3.63) is 17.7 Å². The number of aromatic nitrogens is 2. The number of halogens is 3. The summed E-state index contributed by atoms with van der Waals surface area (Å²) in [4.78, 5) is 14.2. The van der Waals surface area contributed by atoms with Crippen LogP contribution in [0, 0.1) is 5.92 Å². The van der Waals surface area contributed by atoms with E-state index < -0.39 is 18.1 Å². The number of nitrogens with zero attached hydrogens (tertiary/aromatic N) is 2. The van der Waals surface area contributed by atoms with Crippen LogP contribution in [0.4, 0.5) is 13.2 Å². The molecule has 0 fully saturated rings. The van der Waals surface area contributed by atoms with Gasteiger partial charge in [-0.15, -0.1) is 0 Å². The third-order valence-corrected chi connectivity index (χ3v) is 2.66. The Kier molecular flexibility index (Phi) is 2.40. The number of fused-ring (bicyclic) bond motifs is 1. The van der Waals surface area contributed by atoms with E-state index in [9.17, 15) is 23.1 Å². The summed E-state index contributed by atoms with van der Waals surface area (Å²) < 4.78 is 38.6. The molecule has 2 rings (SSSR count). The monoisotopic (exact) mass is 233 g/mol. The highest BCUT2D eigenvalue weighted by molar-refractivity contribution is 5.83. The fourth-order valence-corrected chi connectivity index (χ4v) is 1.81. The van der Waals surface area contributed by atoms with E-state index in [1.165, 1.54) is 4.57 Å². The predicted octanol–water partition coefficient (Wildman–Crippen LogP) is 0.371. The summed E-state index contributed by atoms with van der Waals surface area (Å²) in [5, 5.41) is 10.5. The van der Waals surface area contributed by atoms with Crippen LogP contribution in [0.25, 0.3) is 0 Å². The minimum absolute atomic E-state index is 0.0486. The Balaban J connectivity index is 2.24. The molecule has 2 heterocycles. The van der Waals surface area contributed by atoms with Crippen molar-refractivity contribution in [3.8, 4) is 0 Å². The van der Waals surface area contributed by atoms with E-state index >= 15 is 0 Å². The Hall–Kier alpha value is -1.53. The minimum Gasteiger partial charge on any atom is -0.543 e. The normalized spacial score (nSPS) is 20.6. The SMILES string of the molecule is O=C([O-])c1cn2c(n1)CCC(C(F)(F)F)C2. The lowest BCUT2D eigenvalue weighted by atomic mass is 9.99. The first-order valence-electron chi connectivity index (χ1n) is 4.72. The van der Waals surface area contributed by atoms with E-state index in [1.807, 2.05) is 0 Å². The summed E-state index contributed by atoms with van der Waals surface area (Å²) >= 11 is 0. The average Bonchev–Trinajstić information content (AvgIpc) is 2.58. The summed E-state index contributed by atoms with van der Waals surface area (Å²) in [6.45, 7) is -0.265. The molecule has 4 nitrogen and oxygen atoms in total. The van der Waals surface area contributed by atoms with Crippen molar-refractivity contribution < 1.29 is 23.1 Å². The van der Waals surface area contributed by atoms with Crippen LogP contribution in [0.15, 0.2) is 6.20 Å². The van der Waals surface area contributed by atoms with Crippen LogP contribution in [0.3, 0.4) is 0 Å². The molecule has 1 aromatic rings. The molecule has 0 spiro atoms. The Morgan fingerprint density at radius 3 is 2.81 bits per heavy atom. The fourth-order valence-electron chi connectivity index (χ4n) is 1.81. The van der Waals surface area contributed by atoms with E-state index in [2.05, 4.69) is 4.98 Å². The third-order valence-electron chi connectivity index (χ3n) is 2.66. The summed E-state index contributed by atoms with van der Waals surface area (Å²) in [6.07, 6.45) is -3.06. The molecule has 0 amide bonds. The van der Waals surface area contributed by atoms with Crippen LogP contribution >= 0.6 is 0 Å². The molecule has 1 aliphatic heterocycles. The first-order chi connectivity index (χ1) is 7.38. The van der Waals surface area contributed by atoms with Gasteiger partial charge in [-0.25, -0.2) is 4.98 Å². The molecule has 1 unspecified atom stereocenters. The van der Waals surface area contributed by atoms with Crippen LogP contribution in [0.1, 0.15) is 22.7 Å². The number of hydrogen-bond donors (Lipinski definition) is 0. The van der Waals surface area contributed by atoms with Crippen molar-refractivity contribution in [2.45, 2.75) is 25.6 Å². The van der Waals surface area contributed by atoms with E-state index in [1.54, 1.807) is 0 Å². The van der Waals surface area contributed by atoms with E-state index in [0.717, 1.165) is 6.20 Å². The third kappa shape index (κ3) is 1.89. The lowest BCUT2D eigenvalue weighted by molar-refractivity contribution is -0.255. The molecule has 1 aliphatic rings. The van der Waals surface area contributed by atoms with Crippen LogP contribution in [-0.4, -0.2) is 21.7 Å². The maximum Gasteiger partial charge on any atom is 0.393 e. The number of rotatable bonds is 1. The lowest BCUT2D eigenvalue weighted by Crippen LogP contribution is -2.31. The van der Waals surface area contributed by atoms with Crippen molar-refractivity contribution in [2.75, 3.05) is 0 Å². The maximum atomic E-state index is 12.4. The van der Waals surface area contributed by atoms with Gasteiger partial charge in [0.15, 0.2) is 0 Å². The van der Waals surface area contributed by atoms with Gasteiger partial charge >= 0.3 is 6.18 Å². The van der Waals surface area contributed by atoms with Gasteiger partial charge in [-0.3, -0.25) is 0 Å². The number of carbonyl (C=O) groups is 1. The number of carboxylic acids is 1. The summed E-state index contributed by atoms with van der Waals surface area (Å²) in [6, 6.07) is 0. The van der Waals surface area contributed by atoms with Gasteiger partial charge in [0, 0.05) is 19.2 Å². The first kappa shape index (κ1) is 11.0. The molecular formula is C9H8F3N2O2-. The number of carbonyl (C=O) groups excluding carboxylic acids is 1. The molecule has 0 N–H and O–H groups in total. The van der Waals surface area contributed by atoms with Crippen molar-refractivity contribution >= 4 is 5.97 Å². The van der Waals surface area contributed by atoms with Gasteiger partial charge in [0.1, 0.15) is 11.5 Å². The molecule has 0 saturated heterocycles. The summed E-state index contributed by atoms with van der Waals surface area (Å²) in [7, 11) is 0. The van der Waals surface area contributed by atoms with Crippen molar-refractivity contribution in [2.24, 2.45) is 5.92 Å². The lowest BCUT2D eigenvalue weighted by Gasteiger charge is -2.25. The van der Waals surface area contributed by atoms with Crippen LogP contribution < -0.4 is 5.11 Å². The number of hydrogen-bond acceptors (Lipinski definition) is 3. The topological polar surface area (TPSA) is 57.9 Å². The predicted molar refractivity (Wildman–Crippen MR) is 44.4 cm³/mol. The molecule has 1 aromatic heterocycles. The molecule has 1 atom stereocenters. The van der Waals surface area contributed by atoms with Gasteiger partial charge in [0.2, 0.25) is 0 Å². The molecule has 0 radical (unpaired) electrons. The highest BCUT2D eigenvalue weighted by atomic mass is 19.4.